The topological polar surface area (TPSA) is 80.4 Å². The second-order valence-electron chi connectivity index (χ2n) is 5.85. The van der Waals surface area contributed by atoms with E-state index in [9.17, 15) is 10.1 Å². The number of nitrogens with one attached hydrogen (secondary N) is 1. The van der Waals surface area contributed by atoms with Crippen LogP contribution in [0.4, 0.5) is 11.4 Å². The van der Waals surface area contributed by atoms with Gasteiger partial charge in [0.25, 0.3) is 5.69 Å². The van der Waals surface area contributed by atoms with Gasteiger partial charge in [0, 0.05) is 33.5 Å². The van der Waals surface area contributed by atoms with Gasteiger partial charge >= 0.3 is 0 Å². The lowest BCUT2D eigenvalue weighted by atomic mass is 10.1. The van der Waals surface area contributed by atoms with Gasteiger partial charge in [0.1, 0.15) is 0 Å². The number of hydrogen-bond donors (Lipinski definition) is 1. The molecule has 0 saturated heterocycles. The molecule has 0 unspecified atom stereocenters. The van der Waals surface area contributed by atoms with Crippen LogP contribution in [0, 0.1) is 10.1 Å². The van der Waals surface area contributed by atoms with Gasteiger partial charge < -0.3 is 0 Å². The molecule has 7 heteroatoms. The van der Waals surface area contributed by atoms with Gasteiger partial charge in [-0.2, -0.15) is 5.10 Å². The smallest absolute Gasteiger partial charge is 0.270 e. The van der Waals surface area contributed by atoms with Gasteiger partial charge in [0.15, 0.2) is 0 Å². The quantitative estimate of drug-likeness (QED) is 0.224. The van der Waals surface area contributed by atoms with Crippen LogP contribution in [-0.4, -0.2) is 16.1 Å². The first-order valence-electron chi connectivity index (χ1n) is 8.14. The van der Waals surface area contributed by atoms with Crippen LogP contribution in [0.15, 0.2) is 71.8 Å². The third kappa shape index (κ3) is 3.30. The summed E-state index contributed by atoms with van der Waals surface area (Å²) in [4.78, 5) is 15.1. The average Bonchev–Trinajstić information content (AvgIpc) is 2.68. The van der Waals surface area contributed by atoms with Crippen LogP contribution in [0.3, 0.4) is 0 Å². The standard InChI is InChI=1S/C20H13ClN4O2/c21-17-10-9-14(25(26)27)11-13(17)12-22-24-20-15-5-1-3-7-18(15)23-19-8-4-2-6-16(19)20/h1-12H,(H,23,24)/b22-12+. The zero-order chi connectivity index (χ0) is 18.8. The highest BCUT2D eigenvalue weighted by Crippen LogP contribution is 2.30. The maximum atomic E-state index is 10.9. The Hall–Kier alpha value is -3.51. The average molecular weight is 377 g/mol. The molecule has 0 amide bonds. The lowest BCUT2D eigenvalue weighted by Gasteiger charge is -2.10. The molecule has 0 fully saturated rings. The molecule has 0 saturated carbocycles. The Morgan fingerprint density at radius 2 is 1.63 bits per heavy atom. The van der Waals surface area contributed by atoms with Crippen molar-refractivity contribution in [2.75, 3.05) is 5.43 Å². The molecule has 0 aliphatic heterocycles. The van der Waals surface area contributed by atoms with E-state index < -0.39 is 4.92 Å². The van der Waals surface area contributed by atoms with Crippen molar-refractivity contribution in [2.24, 2.45) is 5.10 Å². The number of nitrogens with zero attached hydrogens (tertiary/aromatic N) is 3. The van der Waals surface area contributed by atoms with Crippen molar-refractivity contribution in [3.8, 4) is 0 Å². The second kappa shape index (κ2) is 7.01. The van der Waals surface area contributed by atoms with E-state index >= 15 is 0 Å². The van der Waals surface area contributed by atoms with Crippen LogP contribution in [0.5, 0.6) is 0 Å². The van der Waals surface area contributed by atoms with Crippen LogP contribution in [0.2, 0.25) is 5.02 Å². The minimum Gasteiger partial charge on any atom is -0.277 e. The fourth-order valence-electron chi connectivity index (χ4n) is 2.87. The number of nitro groups is 1. The van der Waals surface area contributed by atoms with Crippen LogP contribution >= 0.6 is 11.6 Å². The molecule has 0 bridgehead atoms. The minimum absolute atomic E-state index is 0.0411. The molecule has 1 heterocycles. The van der Waals surface area contributed by atoms with E-state index in [0.29, 0.717) is 10.6 Å². The van der Waals surface area contributed by atoms with E-state index in [1.54, 1.807) is 0 Å². The van der Waals surface area contributed by atoms with Crippen LogP contribution < -0.4 is 5.43 Å². The molecule has 4 aromatic rings. The van der Waals surface area contributed by atoms with Gasteiger partial charge in [-0.25, -0.2) is 4.98 Å². The van der Waals surface area contributed by atoms with E-state index in [1.807, 2.05) is 48.5 Å². The highest BCUT2D eigenvalue weighted by molar-refractivity contribution is 6.33. The zero-order valence-corrected chi connectivity index (χ0v) is 14.7. The molecule has 27 heavy (non-hydrogen) atoms. The van der Waals surface area contributed by atoms with Crippen molar-refractivity contribution < 1.29 is 4.92 Å². The summed E-state index contributed by atoms with van der Waals surface area (Å²) >= 11 is 6.12. The first-order chi connectivity index (χ1) is 13.1. The minimum atomic E-state index is -0.467. The molecule has 1 aromatic heterocycles. The molecule has 0 atom stereocenters. The summed E-state index contributed by atoms with van der Waals surface area (Å²) in [5, 5.41) is 17.5. The number of para-hydroxylation sites is 2. The van der Waals surface area contributed by atoms with Gasteiger partial charge in [-0.05, 0) is 18.2 Å². The van der Waals surface area contributed by atoms with Crippen molar-refractivity contribution in [1.29, 1.82) is 0 Å². The fourth-order valence-corrected chi connectivity index (χ4v) is 3.04. The number of fused-ring (bicyclic) bond motifs is 2. The van der Waals surface area contributed by atoms with Gasteiger partial charge in [0.05, 0.1) is 27.9 Å². The largest absolute Gasteiger partial charge is 0.277 e. The number of non-ortho nitro benzene ring substituents is 1. The highest BCUT2D eigenvalue weighted by atomic mass is 35.5. The Balaban J connectivity index is 1.76. The predicted octanol–water partition coefficient (Wildman–Crippen LogP) is 5.40. The number of pyridine rings is 1. The molecule has 0 radical (unpaired) electrons. The number of halogens is 1. The normalized spacial score (nSPS) is 11.3. The number of anilines is 1. The van der Waals surface area contributed by atoms with Crippen LogP contribution in [-0.2, 0) is 0 Å². The molecule has 0 spiro atoms. The summed E-state index contributed by atoms with van der Waals surface area (Å²) in [5.41, 5.74) is 5.99. The molecule has 3 aromatic carbocycles. The summed E-state index contributed by atoms with van der Waals surface area (Å²) < 4.78 is 0. The maximum Gasteiger partial charge on any atom is 0.270 e. The highest BCUT2D eigenvalue weighted by Gasteiger charge is 2.10. The first-order valence-corrected chi connectivity index (χ1v) is 8.52. The third-order valence-corrected chi connectivity index (χ3v) is 4.50. The maximum absolute atomic E-state index is 10.9. The molecule has 6 nitrogen and oxygen atoms in total. The number of nitro benzene ring substituents is 1. The molecule has 0 aliphatic carbocycles. The summed E-state index contributed by atoms with van der Waals surface area (Å²) in [6.07, 6.45) is 1.47. The van der Waals surface area contributed by atoms with Crippen LogP contribution in [0.1, 0.15) is 5.56 Å². The van der Waals surface area contributed by atoms with Crippen molar-refractivity contribution in [3.63, 3.8) is 0 Å². The molecular formula is C20H13ClN4O2. The third-order valence-electron chi connectivity index (χ3n) is 4.16. The zero-order valence-electron chi connectivity index (χ0n) is 14.0. The summed E-state index contributed by atoms with van der Waals surface area (Å²) in [5.74, 6) is 0. The van der Waals surface area contributed by atoms with Crippen molar-refractivity contribution in [1.82, 2.24) is 4.98 Å². The number of aromatic nitrogens is 1. The number of hydrazone groups is 1. The lowest BCUT2D eigenvalue weighted by Crippen LogP contribution is -1.96. The SMILES string of the molecule is O=[N+]([O-])c1ccc(Cl)c(/C=N/Nc2c3ccccc3nc3ccccc23)c1. The number of benzene rings is 3. The van der Waals surface area contributed by atoms with E-state index in [4.69, 9.17) is 11.6 Å². The van der Waals surface area contributed by atoms with Crippen LogP contribution in [0.25, 0.3) is 21.8 Å². The summed E-state index contributed by atoms with van der Waals surface area (Å²) in [7, 11) is 0. The Morgan fingerprint density at radius 1 is 1.00 bits per heavy atom. The Morgan fingerprint density at radius 3 is 2.26 bits per heavy atom. The van der Waals surface area contributed by atoms with E-state index in [-0.39, 0.29) is 5.69 Å². The van der Waals surface area contributed by atoms with Crippen molar-refractivity contribution in [2.45, 2.75) is 0 Å². The lowest BCUT2D eigenvalue weighted by molar-refractivity contribution is -0.384. The van der Waals surface area contributed by atoms with Gasteiger partial charge in [0.2, 0.25) is 0 Å². The van der Waals surface area contributed by atoms with Gasteiger partial charge in [-0.15, -0.1) is 0 Å². The number of hydrogen-bond acceptors (Lipinski definition) is 5. The fraction of sp³-hybridized carbons (Fsp3) is 0. The summed E-state index contributed by atoms with van der Waals surface area (Å²) in [6.45, 7) is 0. The Kier molecular flexibility index (Phi) is 4.40. The van der Waals surface area contributed by atoms with Crippen molar-refractivity contribution >= 4 is 51.0 Å². The molecule has 132 valence electrons. The van der Waals surface area contributed by atoms with Gasteiger partial charge in [-0.3, -0.25) is 15.5 Å². The van der Waals surface area contributed by atoms with E-state index in [2.05, 4.69) is 15.5 Å². The second-order valence-corrected chi connectivity index (χ2v) is 6.26. The molecule has 4 rings (SSSR count). The summed E-state index contributed by atoms with van der Waals surface area (Å²) in [6, 6.07) is 19.8. The Bertz CT molecular complexity index is 1150. The van der Waals surface area contributed by atoms with Crippen molar-refractivity contribution in [3.05, 3.63) is 87.4 Å². The first kappa shape index (κ1) is 16.9. The van der Waals surface area contributed by atoms with Gasteiger partial charge in [-0.1, -0.05) is 48.0 Å². The molecule has 0 aliphatic rings. The predicted molar refractivity (Wildman–Crippen MR) is 109 cm³/mol. The van der Waals surface area contributed by atoms with E-state index in [0.717, 1.165) is 27.5 Å². The number of rotatable bonds is 4. The van der Waals surface area contributed by atoms with E-state index in [1.165, 1.54) is 24.4 Å². The molecule has 1 N–H and O–H groups in total. The monoisotopic (exact) mass is 376 g/mol. The molecular weight excluding hydrogens is 364 g/mol. The Labute approximate surface area is 159 Å².